The summed E-state index contributed by atoms with van der Waals surface area (Å²) in [7, 11) is 0. The van der Waals surface area contributed by atoms with E-state index in [1.165, 1.54) is 0 Å². The largest absolute Gasteiger partial charge is 0.462 e. The zero-order chi connectivity index (χ0) is 15.0. The molecule has 0 aliphatic rings. The molecule has 1 aromatic rings. The molecule has 0 spiro atoms. The molecule has 0 N–H and O–H groups in total. The van der Waals surface area contributed by atoms with E-state index in [1.54, 1.807) is 18.2 Å². The van der Waals surface area contributed by atoms with Crippen LogP contribution in [-0.4, -0.2) is 18.9 Å². The van der Waals surface area contributed by atoms with Crippen LogP contribution in [0.25, 0.3) is 0 Å². The highest BCUT2D eigenvalue weighted by Gasteiger charge is 2.13. The van der Waals surface area contributed by atoms with Gasteiger partial charge in [-0.25, -0.2) is 4.79 Å². The van der Waals surface area contributed by atoms with E-state index in [0.717, 1.165) is 32.0 Å². The number of benzene rings is 1. The van der Waals surface area contributed by atoms with E-state index in [4.69, 9.17) is 4.74 Å². The number of ether oxygens (including phenoxy) is 1. The third kappa shape index (κ3) is 5.45. The molecule has 0 fully saturated rings. The predicted octanol–water partition coefficient (Wildman–Crippen LogP) is 4.63. The second kappa shape index (κ2) is 8.90. The van der Waals surface area contributed by atoms with Gasteiger partial charge < -0.3 is 4.74 Å². The zero-order valence-electron chi connectivity index (χ0n) is 12.0. The fraction of sp³-hybridized carbons (Fsp3) is 0.500. The third-order valence-electron chi connectivity index (χ3n) is 3.29. The first kappa shape index (κ1) is 16.9. The predicted molar refractivity (Wildman–Crippen MR) is 83.1 cm³/mol. The fourth-order valence-corrected chi connectivity index (χ4v) is 2.48. The van der Waals surface area contributed by atoms with Crippen molar-refractivity contribution in [3.63, 3.8) is 0 Å². The average Bonchev–Trinajstić information content (AvgIpc) is 2.46. The Morgan fingerprint density at radius 1 is 1.35 bits per heavy atom. The van der Waals surface area contributed by atoms with Crippen LogP contribution in [0.3, 0.4) is 0 Å². The topological polar surface area (TPSA) is 43.4 Å². The van der Waals surface area contributed by atoms with Crippen LogP contribution in [0.1, 0.15) is 60.2 Å². The Hall–Kier alpha value is -1.16. The SMILES string of the molecule is CCCCC(CC)COC(=O)c1cc(Br)cc(C=O)c1. The van der Waals surface area contributed by atoms with Gasteiger partial charge in [0.2, 0.25) is 0 Å². The van der Waals surface area contributed by atoms with Crippen molar-refractivity contribution in [2.45, 2.75) is 39.5 Å². The first-order valence-corrected chi connectivity index (χ1v) is 7.82. The Bertz CT molecular complexity index is 457. The summed E-state index contributed by atoms with van der Waals surface area (Å²) in [4.78, 5) is 22.8. The molecule has 1 aromatic carbocycles. The molecule has 0 aliphatic carbocycles. The average molecular weight is 341 g/mol. The van der Waals surface area contributed by atoms with Gasteiger partial charge in [0.25, 0.3) is 0 Å². The van der Waals surface area contributed by atoms with Gasteiger partial charge in [0, 0.05) is 10.0 Å². The molecule has 0 radical (unpaired) electrons. The highest BCUT2D eigenvalue weighted by atomic mass is 79.9. The molecule has 3 nitrogen and oxygen atoms in total. The van der Waals surface area contributed by atoms with Crippen molar-refractivity contribution in [3.05, 3.63) is 33.8 Å². The number of esters is 1. The van der Waals surface area contributed by atoms with Crippen molar-refractivity contribution in [2.75, 3.05) is 6.61 Å². The molecular formula is C16H21BrO3. The third-order valence-corrected chi connectivity index (χ3v) is 3.74. The van der Waals surface area contributed by atoms with Crippen molar-refractivity contribution < 1.29 is 14.3 Å². The number of halogens is 1. The Kier molecular flexibility index (Phi) is 7.52. The van der Waals surface area contributed by atoms with Crippen LogP contribution in [0.4, 0.5) is 0 Å². The number of unbranched alkanes of at least 4 members (excludes halogenated alkanes) is 1. The van der Waals surface area contributed by atoms with Crippen molar-refractivity contribution in [3.8, 4) is 0 Å². The van der Waals surface area contributed by atoms with Crippen molar-refractivity contribution >= 4 is 28.2 Å². The van der Waals surface area contributed by atoms with Gasteiger partial charge in [-0.1, -0.05) is 49.0 Å². The molecular weight excluding hydrogens is 320 g/mol. The molecule has 1 rings (SSSR count). The Balaban J connectivity index is 2.62. The summed E-state index contributed by atoms with van der Waals surface area (Å²) in [5.41, 5.74) is 0.871. The highest BCUT2D eigenvalue weighted by Crippen LogP contribution is 2.17. The molecule has 1 atom stereocenters. The lowest BCUT2D eigenvalue weighted by Gasteiger charge is -2.14. The van der Waals surface area contributed by atoms with Gasteiger partial charge in [-0.05, 0) is 30.5 Å². The van der Waals surface area contributed by atoms with Crippen LogP contribution >= 0.6 is 15.9 Å². The zero-order valence-corrected chi connectivity index (χ0v) is 13.6. The summed E-state index contributed by atoms with van der Waals surface area (Å²) < 4.78 is 6.06. The van der Waals surface area contributed by atoms with E-state index < -0.39 is 0 Å². The molecule has 0 bridgehead atoms. The van der Waals surface area contributed by atoms with E-state index >= 15 is 0 Å². The quantitative estimate of drug-likeness (QED) is 0.511. The van der Waals surface area contributed by atoms with Crippen LogP contribution < -0.4 is 0 Å². The molecule has 4 heteroatoms. The molecule has 0 aromatic heterocycles. The highest BCUT2D eigenvalue weighted by molar-refractivity contribution is 9.10. The number of carbonyl (C=O) groups excluding carboxylic acids is 2. The molecule has 0 amide bonds. The molecule has 0 saturated carbocycles. The molecule has 0 heterocycles. The standard InChI is InChI=1S/C16H21BrO3/c1-3-5-6-12(4-2)11-20-16(19)14-7-13(10-18)8-15(17)9-14/h7-10,12H,3-6,11H2,1-2H3. The van der Waals surface area contributed by atoms with Crippen LogP contribution in [0.5, 0.6) is 0 Å². The second-order valence-corrected chi connectivity index (χ2v) is 5.82. The Labute approximate surface area is 128 Å². The van der Waals surface area contributed by atoms with Gasteiger partial charge in [-0.15, -0.1) is 0 Å². The van der Waals surface area contributed by atoms with Gasteiger partial charge in [0.1, 0.15) is 6.29 Å². The normalized spacial score (nSPS) is 11.9. The summed E-state index contributed by atoms with van der Waals surface area (Å²) in [6.07, 6.45) is 5.11. The van der Waals surface area contributed by atoms with Crippen LogP contribution in [0.15, 0.2) is 22.7 Å². The smallest absolute Gasteiger partial charge is 0.338 e. The summed E-state index contributed by atoms with van der Waals surface area (Å²) in [5, 5.41) is 0. The first-order valence-electron chi connectivity index (χ1n) is 7.03. The van der Waals surface area contributed by atoms with Gasteiger partial charge >= 0.3 is 5.97 Å². The van der Waals surface area contributed by atoms with E-state index in [0.29, 0.717) is 28.1 Å². The van der Waals surface area contributed by atoms with Crippen molar-refractivity contribution in [1.29, 1.82) is 0 Å². The molecule has 1 unspecified atom stereocenters. The maximum atomic E-state index is 12.0. The van der Waals surface area contributed by atoms with E-state index in [2.05, 4.69) is 29.8 Å². The minimum Gasteiger partial charge on any atom is -0.462 e. The number of rotatable bonds is 8. The molecule has 20 heavy (non-hydrogen) atoms. The van der Waals surface area contributed by atoms with E-state index in [1.807, 2.05) is 0 Å². The van der Waals surface area contributed by atoms with Crippen LogP contribution in [-0.2, 0) is 4.74 Å². The summed E-state index contributed by atoms with van der Waals surface area (Å²) >= 11 is 3.28. The second-order valence-electron chi connectivity index (χ2n) is 4.91. The van der Waals surface area contributed by atoms with E-state index in [9.17, 15) is 9.59 Å². The van der Waals surface area contributed by atoms with Crippen molar-refractivity contribution in [1.82, 2.24) is 0 Å². The monoisotopic (exact) mass is 340 g/mol. The lowest BCUT2D eigenvalue weighted by molar-refractivity contribution is 0.0428. The number of hydrogen-bond donors (Lipinski definition) is 0. The fourth-order valence-electron chi connectivity index (χ4n) is 1.97. The minimum atomic E-state index is -0.371. The molecule has 110 valence electrons. The Morgan fingerprint density at radius 3 is 2.70 bits per heavy atom. The lowest BCUT2D eigenvalue weighted by atomic mass is 10.0. The van der Waals surface area contributed by atoms with Gasteiger partial charge in [0.05, 0.1) is 12.2 Å². The van der Waals surface area contributed by atoms with Crippen LogP contribution in [0, 0.1) is 5.92 Å². The minimum absolute atomic E-state index is 0.371. The lowest BCUT2D eigenvalue weighted by Crippen LogP contribution is -2.14. The molecule has 0 aliphatic heterocycles. The number of hydrogen-bond acceptors (Lipinski definition) is 3. The maximum Gasteiger partial charge on any atom is 0.338 e. The van der Waals surface area contributed by atoms with Crippen molar-refractivity contribution in [2.24, 2.45) is 5.92 Å². The number of carbonyl (C=O) groups is 2. The molecule has 0 saturated heterocycles. The van der Waals surface area contributed by atoms with Gasteiger partial charge in [0.15, 0.2) is 0 Å². The van der Waals surface area contributed by atoms with Gasteiger partial charge in [-0.3, -0.25) is 4.79 Å². The summed E-state index contributed by atoms with van der Waals surface area (Å²) in [6.45, 7) is 4.71. The summed E-state index contributed by atoms with van der Waals surface area (Å²) in [5.74, 6) is 0.0425. The van der Waals surface area contributed by atoms with E-state index in [-0.39, 0.29) is 5.97 Å². The first-order chi connectivity index (χ1) is 9.60. The maximum absolute atomic E-state index is 12.0. The van der Waals surface area contributed by atoms with Crippen LogP contribution in [0.2, 0.25) is 0 Å². The number of aldehydes is 1. The van der Waals surface area contributed by atoms with Gasteiger partial charge in [-0.2, -0.15) is 0 Å². The Morgan fingerprint density at radius 2 is 2.10 bits per heavy atom. The summed E-state index contributed by atoms with van der Waals surface area (Å²) in [6, 6.07) is 4.88.